The van der Waals surface area contributed by atoms with Gasteiger partial charge in [-0.25, -0.2) is 4.79 Å². The van der Waals surface area contributed by atoms with Gasteiger partial charge in [0.15, 0.2) is 0 Å². The van der Waals surface area contributed by atoms with Gasteiger partial charge in [0, 0.05) is 11.3 Å². The molecule has 0 unspecified atom stereocenters. The largest absolute Gasteiger partial charge is 0.497 e. The van der Waals surface area contributed by atoms with Crippen LogP contribution in [0.25, 0.3) is 11.3 Å². The van der Waals surface area contributed by atoms with Crippen molar-refractivity contribution in [1.82, 2.24) is 4.98 Å². The molecule has 4 nitrogen and oxygen atoms in total. The van der Waals surface area contributed by atoms with Gasteiger partial charge < -0.3 is 14.5 Å². The van der Waals surface area contributed by atoms with Gasteiger partial charge in [0.05, 0.1) is 14.2 Å². The van der Waals surface area contributed by atoms with E-state index in [1.54, 1.807) is 13.2 Å². The second kappa shape index (κ2) is 4.74. The van der Waals surface area contributed by atoms with Crippen molar-refractivity contribution in [2.45, 2.75) is 0 Å². The van der Waals surface area contributed by atoms with E-state index >= 15 is 0 Å². The van der Waals surface area contributed by atoms with E-state index in [0.29, 0.717) is 5.69 Å². The van der Waals surface area contributed by atoms with Gasteiger partial charge >= 0.3 is 5.97 Å². The Kier molecular flexibility index (Phi) is 3.14. The van der Waals surface area contributed by atoms with Gasteiger partial charge in [-0.15, -0.1) is 0 Å². The zero-order valence-corrected chi connectivity index (χ0v) is 9.69. The summed E-state index contributed by atoms with van der Waals surface area (Å²) in [6, 6.07) is 11.1. The highest BCUT2D eigenvalue weighted by molar-refractivity contribution is 5.88. The molecule has 17 heavy (non-hydrogen) atoms. The van der Waals surface area contributed by atoms with Gasteiger partial charge in [0.1, 0.15) is 11.4 Å². The first kappa shape index (κ1) is 11.3. The van der Waals surface area contributed by atoms with Crippen LogP contribution in [-0.2, 0) is 4.74 Å². The Labute approximate surface area is 99.2 Å². The molecule has 1 aromatic carbocycles. The minimum atomic E-state index is -0.376. The van der Waals surface area contributed by atoms with E-state index in [1.807, 2.05) is 30.3 Å². The molecule has 2 aromatic rings. The lowest BCUT2D eigenvalue weighted by molar-refractivity contribution is 0.0595. The molecule has 2 rings (SSSR count). The van der Waals surface area contributed by atoms with E-state index < -0.39 is 0 Å². The predicted molar refractivity (Wildman–Crippen MR) is 64.1 cm³/mol. The van der Waals surface area contributed by atoms with Crippen molar-refractivity contribution in [2.24, 2.45) is 0 Å². The van der Waals surface area contributed by atoms with E-state index in [2.05, 4.69) is 9.72 Å². The van der Waals surface area contributed by atoms with Crippen LogP contribution in [0.15, 0.2) is 36.4 Å². The number of ether oxygens (including phenoxy) is 2. The molecule has 0 aliphatic heterocycles. The summed E-state index contributed by atoms with van der Waals surface area (Å²) >= 11 is 0. The summed E-state index contributed by atoms with van der Waals surface area (Å²) in [5.41, 5.74) is 2.24. The molecule has 1 heterocycles. The average Bonchev–Trinajstić information content (AvgIpc) is 2.87. The minimum Gasteiger partial charge on any atom is -0.497 e. The Morgan fingerprint density at radius 2 is 2.00 bits per heavy atom. The van der Waals surface area contributed by atoms with Gasteiger partial charge in [0.2, 0.25) is 0 Å². The first-order valence-corrected chi connectivity index (χ1v) is 5.16. The summed E-state index contributed by atoms with van der Waals surface area (Å²) in [6.07, 6.45) is 0. The summed E-state index contributed by atoms with van der Waals surface area (Å²) in [6.45, 7) is 0. The second-order valence-corrected chi connectivity index (χ2v) is 3.51. The van der Waals surface area contributed by atoms with Crippen molar-refractivity contribution < 1.29 is 14.3 Å². The molecule has 0 saturated heterocycles. The zero-order valence-electron chi connectivity index (χ0n) is 9.69. The van der Waals surface area contributed by atoms with Crippen molar-refractivity contribution in [2.75, 3.05) is 14.2 Å². The van der Waals surface area contributed by atoms with Crippen LogP contribution in [0.3, 0.4) is 0 Å². The highest BCUT2D eigenvalue weighted by atomic mass is 16.5. The van der Waals surface area contributed by atoms with E-state index in [1.165, 1.54) is 7.11 Å². The maximum Gasteiger partial charge on any atom is 0.354 e. The number of nitrogens with one attached hydrogen (secondary N) is 1. The Bertz CT molecular complexity index is 531. The molecule has 0 aliphatic carbocycles. The standard InChI is InChI=1S/C13H13NO3/c1-16-10-5-3-4-9(8-10)11-6-7-12(14-11)13(15)17-2/h3-8,14H,1-2H3. The number of H-pyrrole nitrogens is 1. The zero-order chi connectivity index (χ0) is 12.3. The van der Waals surface area contributed by atoms with Crippen molar-refractivity contribution in [1.29, 1.82) is 0 Å². The van der Waals surface area contributed by atoms with Gasteiger partial charge in [-0.1, -0.05) is 12.1 Å². The van der Waals surface area contributed by atoms with Crippen LogP contribution in [0.4, 0.5) is 0 Å². The Morgan fingerprint density at radius 1 is 1.18 bits per heavy atom. The molecule has 0 radical (unpaired) electrons. The number of hydrogen-bond donors (Lipinski definition) is 1. The smallest absolute Gasteiger partial charge is 0.354 e. The number of rotatable bonds is 3. The number of aromatic nitrogens is 1. The number of hydrogen-bond acceptors (Lipinski definition) is 3. The molecule has 1 aromatic heterocycles. The van der Waals surface area contributed by atoms with Crippen LogP contribution in [0, 0.1) is 0 Å². The third-order valence-electron chi connectivity index (χ3n) is 2.47. The SMILES string of the molecule is COC(=O)c1ccc(-c2cccc(OC)c2)[nH]1. The first-order chi connectivity index (χ1) is 8.24. The number of benzene rings is 1. The fourth-order valence-corrected chi connectivity index (χ4v) is 1.58. The lowest BCUT2D eigenvalue weighted by atomic mass is 10.1. The van der Waals surface area contributed by atoms with Crippen molar-refractivity contribution in [3.8, 4) is 17.0 Å². The molecule has 0 fully saturated rings. The number of aromatic amines is 1. The fourth-order valence-electron chi connectivity index (χ4n) is 1.58. The van der Waals surface area contributed by atoms with Gasteiger partial charge in [0.25, 0.3) is 0 Å². The third kappa shape index (κ3) is 2.30. The maximum atomic E-state index is 11.3. The molecular formula is C13H13NO3. The first-order valence-electron chi connectivity index (χ1n) is 5.16. The molecule has 1 N–H and O–H groups in total. The molecule has 0 aliphatic rings. The van der Waals surface area contributed by atoms with Gasteiger partial charge in [-0.3, -0.25) is 0 Å². The highest BCUT2D eigenvalue weighted by Gasteiger charge is 2.09. The molecule has 0 spiro atoms. The monoisotopic (exact) mass is 231 g/mol. The Morgan fingerprint density at radius 3 is 2.71 bits per heavy atom. The minimum absolute atomic E-state index is 0.376. The Hall–Kier alpha value is -2.23. The van der Waals surface area contributed by atoms with Crippen LogP contribution in [0.5, 0.6) is 5.75 Å². The van der Waals surface area contributed by atoms with E-state index in [9.17, 15) is 4.79 Å². The van der Waals surface area contributed by atoms with E-state index in [0.717, 1.165) is 17.0 Å². The summed E-state index contributed by atoms with van der Waals surface area (Å²) in [7, 11) is 2.97. The van der Waals surface area contributed by atoms with Gasteiger partial charge in [-0.2, -0.15) is 0 Å². The number of methoxy groups -OCH3 is 2. The molecule has 88 valence electrons. The third-order valence-corrected chi connectivity index (χ3v) is 2.47. The van der Waals surface area contributed by atoms with Crippen molar-refractivity contribution in [3.63, 3.8) is 0 Å². The normalized spacial score (nSPS) is 10.0. The van der Waals surface area contributed by atoms with E-state index in [-0.39, 0.29) is 5.97 Å². The van der Waals surface area contributed by atoms with Crippen molar-refractivity contribution >= 4 is 5.97 Å². The van der Waals surface area contributed by atoms with Crippen LogP contribution in [-0.4, -0.2) is 25.2 Å². The fraction of sp³-hybridized carbons (Fsp3) is 0.154. The maximum absolute atomic E-state index is 11.3. The van der Waals surface area contributed by atoms with Crippen LogP contribution in [0.2, 0.25) is 0 Å². The lowest BCUT2D eigenvalue weighted by Gasteiger charge is -2.02. The predicted octanol–water partition coefficient (Wildman–Crippen LogP) is 2.48. The lowest BCUT2D eigenvalue weighted by Crippen LogP contribution is -2.00. The van der Waals surface area contributed by atoms with Crippen LogP contribution >= 0.6 is 0 Å². The molecular weight excluding hydrogens is 218 g/mol. The summed E-state index contributed by atoms with van der Waals surface area (Å²) < 4.78 is 9.78. The average molecular weight is 231 g/mol. The molecule has 4 heteroatoms. The topological polar surface area (TPSA) is 51.3 Å². The van der Waals surface area contributed by atoms with Gasteiger partial charge in [-0.05, 0) is 24.3 Å². The molecule has 0 atom stereocenters. The second-order valence-electron chi connectivity index (χ2n) is 3.51. The molecule has 0 amide bonds. The summed E-state index contributed by atoms with van der Waals surface area (Å²) in [5, 5.41) is 0. The molecule has 0 bridgehead atoms. The number of esters is 1. The highest BCUT2D eigenvalue weighted by Crippen LogP contribution is 2.23. The summed E-state index contributed by atoms with van der Waals surface area (Å²) in [4.78, 5) is 14.3. The Balaban J connectivity index is 2.33. The molecule has 0 saturated carbocycles. The summed E-state index contributed by atoms with van der Waals surface area (Å²) in [5.74, 6) is 0.399. The quantitative estimate of drug-likeness (QED) is 0.825. The van der Waals surface area contributed by atoms with E-state index in [4.69, 9.17) is 4.74 Å². The van der Waals surface area contributed by atoms with Crippen LogP contribution < -0.4 is 4.74 Å². The van der Waals surface area contributed by atoms with Crippen molar-refractivity contribution in [3.05, 3.63) is 42.1 Å². The number of carbonyl (C=O) groups excluding carboxylic acids is 1. The van der Waals surface area contributed by atoms with Crippen LogP contribution in [0.1, 0.15) is 10.5 Å². The number of carbonyl (C=O) groups is 1.